The maximum absolute atomic E-state index is 12.5. The first-order valence-corrected chi connectivity index (χ1v) is 9.59. The van der Waals surface area contributed by atoms with Crippen molar-refractivity contribution >= 4 is 39.8 Å². The van der Waals surface area contributed by atoms with Crippen molar-refractivity contribution in [2.75, 3.05) is 5.32 Å². The quantitative estimate of drug-likeness (QED) is 0.597. The smallest absolute Gasteiger partial charge is 0.445 e. The minimum atomic E-state index is -4.63. The van der Waals surface area contributed by atoms with Crippen LogP contribution < -0.4 is 5.32 Å². The molecule has 2 heterocycles. The first-order valence-electron chi connectivity index (χ1n) is 7.89. The fourth-order valence-corrected chi connectivity index (χ4v) is 3.46. The summed E-state index contributed by atoms with van der Waals surface area (Å²) in [5, 5.41) is 18.9. The van der Waals surface area contributed by atoms with Crippen LogP contribution in [0, 0.1) is 0 Å². The van der Waals surface area contributed by atoms with Gasteiger partial charge in [-0.2, -0.15) is 13.2 Å². The molecule has 2 N–H and O–H groups in total. The molecule has 2 aromatic heterocycles. The van der Waals surface area contributed by atoms with E-state index in [-0.39, 0.29) is 35.1 Å². The standard InChI is InChI=1S/C16H12F3N5O3S2/c17-16(18,19)13-22-23-14(29-13)21-12(25)10-3-1-9(2-4-10)7-24(15(26)27)8-11-20-5-6-28-11/h1-6H,7-8H2,(H,26,27)(H,21,23,25). The van der Waals surface area contributed by atoms with E-state index in [0.29, 0.717) is 10.6 Å². The minimum absolute atomic E-state index is 0.0855. The predicted molar refractivity (Wildman–Crippen MR) is 98.7 cm³/mol. The van der Waals surface area contributed by atoms with Gasteiger partial charge in [0.1, 0.15) is 5.01 Å². The number of aromatic nitrogens is 3. The zero-order chi connectivity index (χ0) is 21.0. The van der Waals surface area contributed by atoms with Crippen molar-refractivity contribution in [2.24, 2.45) is 0 Å². The molecule has 8 nitrogen and oxygen atoms in total. The van der Waals surface area contributed by atoms with Crippen molar-refractivity contribution in [3.05, 3.63) is 57.0 Å². The number of nitrogens with one attached hydrogen (secondary N) is 1. The zero-order valence-electron chi connectivity index (χ0n) is 14.4. The molecule has 0 bridgehead atoms. The molecule has 0 aliphatic carbocycles. The molecule has 13 heteroatoms. The second-order valence-electron chi connectivity index (χ2n) is 5.63. The van der Waals surface area contributed by atoms with Crippen molar-refractivity contribution < 1.29 is 27.9 Å². The number of carbonyl (C=O) groups excluding carboxylic acids is 1. The Bertz CT molecular complexity index is 990. The van der Waals surface area contributed by atoms with Crippen LogP contribution in [-0.2, 0) is 19.3 Å². The number of hydrogen-bond donors (Lipinski definition) is 2. The van der Waals surface area contributed by atoms with Gasteiger partial charge in [0, 0.05) is 23.7 Å². The number of halogens is 3. The second kappa shape index (κ2) is 8.53. The third-order valence-corrected chi connectivity index (χ3v) is 5.21. The zero-order valence-corrected chi connectivity index (χ0v) is 16.0. The molecule has 0 saturated carbocycles. The fourth-order valence-electron chi connectivity index (χ4n) is 2.22. The number of amides is 2. The highest BCUT2D eigenvalue weighted by atomic mass is 32.1. The van der Waals surface area contributed by atoms with Crippen LogP contribution in [0.5, 0.6) is 0 Å². The molecule has 1 aromatic carbocycles. The number of hydrogen-bond acceptors (Lipinski definition) is 7. The van der Waals surface area contributed by atoms with Crippen LogP contribution in [0.3, 0.4) is 0 Å². The van der Waals surface area contributed by atoms with Crippen molar-refractivity contribution in [2.45, 2.75) is 19.3 Å². The molecule has 0 atom stereocenters. The molecule has 152 valence electrons. The SMILES string of the molecule is O=C(Nc1nnc(C(F)(F)F)s1)c1ccc(CN(Cc2nccs2)C(=O)O)cc1. The molecule has 0 spiro atoms. The van der Waals surface area contributed by atoms with Crippen LogP contribution in [0.1, 0.15) is 25.9 Å². The Balaban J connectivity index is 1.63. The van der Waals surface area contributed by atoms with Gasteiger partial charge < -0.3 is 5.11 Å². The Labute approximate surface area is 169 Å². The number of benzene rings is 1. The van der Waals surface area contributed by atoms with E-state index in [1.54, 1.807) is 23.7 Å². The fraction of sp³-hybridized carbons (Fsp3) is 0.188. The van der Waals surface area contributed by atoms with Gasteiger partial charge in [-0.1, -0.05) is 23.5 Å². The summed E-state index contributed by atoms with van der Waals surface area (Å²) < 4.78 is 37.6. The van der Waals surface area contributed by atoms with Gasteiger partial charge in [0.15, 0.2) is 0 Å². The average Bonchev–Trinajstić information content (AvgIpc) is 3.33. The number of carboxylic acid groups (broad SMARTS) is 1. The number of rotatable bonds is 6. The lowest BCUT2D eigenvalue weighted by Crippen LogP contribution is -2.28. The highest BCUT2D eigenvalue weighted by molar-refractivity contribution is 7.15. The van der Waals surface area contributed by atoms with Gasteiger partial charge in [0.05, 0.1) is 6.54 Å². The van der Waals surface area contributed by atoms with E-state index in [9.17, 15) is 27.9 Å². The molecular formula is C16H12F3N5O3S2. The maximum Gasteiger partial charge on any atom is 0.445 e. The molecule has 0 saturated heterocycles. The van der Waals surface area contributed by atoms with E-state index in [1.807, 2.05) is 0 Å². The van der Waals surface area contributed by atoms with Crippen LogP contribution in [0.2, 0.25) is 0 Å². The van der Waals surface area contributed by atoms with Gasteiger partial charge in [0.25, 0.3) is 5.91 Å². The highest BCUT2D eigenvalue weighted by Crippen LogP contribution is 2.33. The van der Waals surface area contributed by atoms with E-state index < -0.39 is 23.2 Å². The molecule has 29 heavy (non-hydrogen) atoms. The third-order valence-electron chi connectivity index (χ3n) is 3.56. The molecule has 2 amide bonds. The predicted octanol–water partition coefficient (Wildman–Crippen LogP) is 3.95. The summed E-state index contributed by atoms with van der Waals surface area (Å²) in [6.45, 7) is 0.218. The first kappa shape index (κ1) is 20.7. The van der Waals surface area contributed by atoms with Gasteiger partial charge in [-0.25, -0.2) is 9.78 Å². The van der Waals surface area contributed by atoms with Crippen molar-refractivity contribution in [3.8, 4) is 0 Å². The largest absolute Gasteiger partial charge is 0.465 e. The number of anilines is 1. The molecule has 0 unspecified atom stereocenters. The first-order chi connectivity index (χ1) is 13.7. The van der Waals surface area contributed by atoms with Gasteiger partial charge in [0.2, 0.25) is 10.1 Å². The topological polar surface area (TPSA) is 108 Å². The lowest BCUT2D eigenvalue weighted by atomic mass is 10.1. The summed E-state index contributed by atoms with van der Waals surface area (Å²) >= 11 is 1.56. The maximum atomic E-state index is 12.5. The Hall–Kier alpha value is -3.06. The summed E-state index contributed by atoms with van der Waals surface area (Å²) in [7, 11) is 0. The molecule has 3 aromatic rings. The van der Waals surface area contributed by atoms with Crippen molar-refractivity contribution in [1.29, 1.82) is 0 Å². The van der Waals surface area contributed by atoms with Crippen LogP contribution in [0.15, 0.2) is 35.8 Å². The van der Waals surface area contributed by atoms with E-state index in [1.165, 1.54) is 28.4 Å². The minimum Gasteiger partial charge on any atom is -0.465 e. The molecule has 0 aliphatic heterocycles. The molecule has 0 radical (unpaired) electrons. The molecule has 0 fully saturated rings. The summed E-state index contributed by atoms with van der Waals surface area (Å²) in [5.41, 5.74) is 0.815. The summed E-state index contributed by atoms with van der Waals surface area (Å²) in [4.78, 5) is 28.8. The van der Waals surface area contributed by atoms with Gasteiger partial charge in [-0.05, 0) is 17.7 Å². The van der Waals surface area contributed by atoms with Gasteiger partial charge in [-0.3, -0.25) is 15.0 Å². The normalized spacial score (nSPS) is 11.3. The number of alkyl halides is 3. The molecule has 3 rings (SSSR count). The van der Waals surface area contributed by atoms with Gasteiger partial charge in [-0.15, -0.1) is 21.5 Å². The van der Waals surface area contributed by atoms with Crippen LogP contribution in [0.4, 0.5) is 23.1 Å². The van der Waals surface area contributed by atoms with Crippen molar-refractivity contribution in [1.82, 2.24) is 20.1 Å². The number of carbonyl (C=O) groups is 2. The Morgan fingerprint density at radius 2 is 1.86 bits per heavy atom. The van der Waals surface area contributed by atoms with E-state index in [0.717, 1.165) is 0 Å². The Morgan fingerprint density at radius 1 is 1.14 bits per heavy atom. The highest BCUT2D eigenvalue weighted by Gasteiger charge is 2.35. The van der Waals surface area contributed by atoms with E-state index in [4.69, 9.17) is 0 Å². The van der Waals surface area contributed by atoms with Crippen molar-refractivity contribution in [3.63, 3.8) is 0 Å². The molecule has 0 aliphatic rings. The number of thiazole rings is 1. The summed E-state index contributed by atoms with van der Waals surface area (Å²) in [6, 6.07) is 6.02. The van der Waals surface area contributed by atoms with E-state index in [2.05, 4.69) is 20.5 Å². The average molecular weight is 443 g/mol. The lowest BCUT2D eigenvalue weighted by molar-refractivity contribution is -0.138. The molecular weight excluding hydrogens is 431 g/mol. The van der Waals surface area contributed by atoms with Crippen LogP contribution in [0.25, 0.3) is 0 Å². The number of nitrogens with zero attached hydrogens (tertiary/aromatic N) is 4. The monoisotopic (exact) mass is 443 g/mol. The Morgan fingerprint density at radius 3 is 2.41 bits per heavy atom. The Kier molecular flexibility index (Phi) is 6.08. The van der Waals surface area contributed by atoms with E-state index >= 15 is 0 Å². The lowest BCUT2D eigenvalue weighted by Gasteiger charge is -2.18. The summed E-state index contributed by atoms with van der Waals surface area (Å²) in [6.07, 6.45) is -4.15. The summed E-state index contributed by atoms with van der Waals surface area (Å²) in [5.74, 6) is -0.653. The van der Waals surface area contributed by atoms with Gasteiger partial charge >= 0.3 is 12.3 Å². The van der Waals surface area contributed by atoms with Crippen LogP contribution >= 0.6 is 22.7 Å². The van der Waals surface area contributed by atoms with Crippen LogP contribution in [-0.4, -0.2) is 37.2 Å². The second-order valence-corrected chi connectivity index (χ2v) is 7.58. The third kappa shape index (κ3) is 5.48.